The second kappa shape index (κ2) is 6.64. The third kappa shape index (κ3) is 3.47. The number of carbonyl (C=O) groups is 1. The Bertz CT molecular complexity index is 944. The fourth-order valence-corrected chi connectivity index (χ4v) is 4.46. The zero-order valence-corrected chi connectivity index (χ0v) is 15.0. The lowest BCUT2D eigenvalue weighted by molar-refractivity contribution is -0.134. The molecule has 1 aliphatic heterocycles. The molecular weight excluding hydrogens is 346 g/mol. The summed E-state index contributed by atoms with van der Waals surface area (Å²) in [6.07, 6.45) is 0.586. The fraction of sp³-hybridized carbons (Fsp3) is 0.500. The molecule has 9 heteroatoms. The number of rotatable bonds is 3. The Labute approximate surface area is 145 Å². The molecule has 2 heterocycles. The van der Waals surface area contributed by atoms with Crippen LogP contribution in [0.5, 0.6) is 0 Å². The molecule has 0 radical (unpaired) electrons. The second-order valence-corrected chi connectivity index (χ2v) is 8.35. The highest BCUT2D eigenvalue weighted by molar-refractivity contribution is 7.89. The van der Waals surface area contributed by atoms with Crippen LogP contribution in [-0.2, 0) is 14.8 Å². The van der Waals surface area contributed by atoms with E-state index in [0.717, 1.165) is 0 Å². The number of aromatic amines is 1. The Morgan fingerprint density at radius 3 is 2.68 bits per heavy atom. The Morgan fingerprint density at radius 2 is 1.96 bits per heavy atom. The lowest BCUT2D eigenvalue weighted by Gasteiger charge is -2.23. The third-order valence-electron chi connectivity index (χ3n) is 4.29. The number of oxazole rings is 1. The molecule has 1 N–H and O–H groups in total. The molecule has 1 aromatic heterocycles. The van der Waals surface area contributed by atoms with Crippen LogP contribution in [0.2, 0.25) is 0 Å². The van der Waals surface area contributed by atoms with Crippen LogP contribution < -0.4 is 5.76 Å². The zero-order valence-electron chi connectivity index (χ0n) is 14.2. The molecule has 2 aromatic rings. The summed E-state index contributed by atoms with van der Waals surface area (Å²) >= 11 is 0. The Kier molecular flexibility index (Phi) is 4.70. The van der Waals surface area contributed by atoms with Gasteiger partial charge in [0.05, 0.1) is 10.4 Å². The highest BCUT2D eigenvalue weighted by Gasteiger charge is 2.29. The summed E-state index contributed by atoms with van der Waals surface area (Å²) in [6.45, 7) is 5.20. The Hall–Kier alpha value is -2.13. The summed E-state index contributed by atoms with van der Waals surface area (Å²) in [5, 5.41) is 0. The molecular formula is C16H21N3O5S. The predicted octanol–water partition coefficient (Wildman–Crippen LogP) is 1.00. The van der Waals surface area contributed by atoms with E-state index in [1.807, 2.05) is 13.8 Å². The average molecular weight is 367 g/mol. The van der Waals surface area contributed by atoms with Crippen molar-refractivity contribution in [1.29, 1.82) is 0 Å². The molecule has 1 saturated heterocycles. The lowest BCUT2D eigenvalue weighted by Crippen LogP contribution is -2.38. The number of nitrogens with zero attached hydrogens (tertiary/aromatic N) is 2. The summed E-state index contributed by atoms with van der Waals surface area (Å²) in [7, 11) is -3.71. The van der Waals surface area contributed by atoms with E-state index in [1.54, 1.807) is 4.90 Å². The average Bonchev–Trinajstić information content (AvgIpc) is 2.77. The van der Waals surface area contributed by atoms with Gasteiger partial charge in [-0.2, -0.15) is 4.31 Å². The van der Waals surface area contributed by atoms with Crippen molar-refractivity contribution in [3.05, 3.63) is 28.7 Å². The van der Waals surface area contributed by atoms with Crippen LogP contribution in [0.3, 0.4) is 0 Å². The maximum Gasteiger partial charge on any atom is 0.417 e. The maximum absolute atomic E-state index is 12.9. The number of carbonyl (C=O) groups excluding carboxylic acids is 1. The van der Waals surface area contributed by atoms with Gasteiger partial charge in [-0.25, -0.2) is 13.2 Å². The number of hydrogen-bond donors (Lipinski definition) is 1. The van der Waals surface area contributed by atoms with Crippen molar-refractivity contribution in [2.24, 2.45) is 5.92 Å². The summed E-state index contributed by atoms with van der Waals surface area (Å²) < 4.78 is 32.1. The van der Waals surface area contributed by atoms with E-state index in [1.165, 1.54) is 22.5 Å². The minimum Gasteiger partial charge on any atom is -0.408 e. The number of fused-ring (bicyclic) bond motifs is 1. The molecule has 1 fully saturated rings. The summed E-state index contributed by atoms with van der Waals surface area (Å²) in [5.74, 6) is -0.692. The van der Waals surface area contributed by atoms with Gasteiger partial charge in [0.1, 0.15) is 0 Å². The number of aromatic nitrogens is 1. The number of H-pyrrole nitrogens is 1. The van der Waals surface area contributed by atoms with Gasteiger partial charge in [0.2, 0.25) is 15.9 Å². The first-order valence-corrected chi connectivity index (χ1v) is 9.65. The van der Waals surface area contributed by atoms with Crippen LogP contribution >= 0.6 is 0 Å². The largest absolute Gasteiger partial charge is 0.417 e. The van der Waals surface area contributed by atoms with E-state index in [9.17, 15) is 18.0 Å². The minimum atomic E-state index is -3.71. The first-order valence-electron chi connectivity index (χ1n) is 8.21. The molecule has 1 aromatic carbocycles. The highest BCUT2D eigenvalue weighted by atomic mass is 32.2. The van der Waals surface area contributed by atoms with Crippen LogP contribution in [0.4, 0.5) is 0 Å². The topological polar surface area (TPSA) is 104 Å². The van der Waals surface area contributed by atoms with Crippen LogP contribution in [0.25, 0.3) is 11.1 Å². The van der Waals surface area contributed by atoms with Gasteiger partial charge in [-0.05, 0) is 24.6 Å². The monoisotopic (exact) mass is 367 g/mol. The van der Waals surface area contributed by atoms with Gasteiger partial charge >= 0.3 is 5.76 Å². The molecule has 0 bridgehead atoms. The standard InChI is InChI=1S/C16H21N3O5S/c1-11(2)15(20)18-6-3-7-19(9-8-18)25(22,23)12-4-5-14-13(10-12)17-16(21)24-14/h4-5,10-11H,3,6-9H2,1-2H3,(H,17,21). The van der Waals surface area contributed by atoms with E-state index in [2.05, 4.69) is 4.98 Å². The van der Waals surface area contributed by atoms with Crippen molar-refractivity contribution >= 4 is 27.0 Å². The number of sulfonamides is 1. The van der Waals surface area contributed by atoms with Crippen LogP contribution in [0, 0.1) is 5.92 Å². The van der Waals surface area contributed by atoms with E-state index < -0.39 is 15.8 Å². The van der Waals surface area contributed by atoms with Gasteiger partial charge in [0.25, 0.3) is 0 Å². The maximum atomic E-state index is 12.9. The van der Waals surface area contributed by atoms with E-state index in [-0.39, 0.29) is 23.3 Å². The molecule has 136 valence electrons. The van der Waals surface area contributed by atoms with Crippen molar-refractivity contribution in [2.45, 2.75) is 25.2 Å². The van der Waals surface area contributed by atoms with Crippen molar-refractivity contribution in [1.82, 2.24) is 14.2 Å². The summed E-state index contributed by atoms with van der Waals surface area (Å²) in [5.41, 5.74) is 0.658. The predicted molar refractivity (Wildman–Crippen MR) is 91.6 cm³/mol. The van der Waals surface area contributed by atoms with Gasteiger partial charge in [-0.3, -0.25) is 9.78 Å². The third-order valence-corrected chi connectivity index (χ3v) is 6.18. The summed E-state index contributed by atoms with van der Waals surface area (Å²) in [6, 6.07) is 4.29. The molecule has 0 aliphatic carbocycles. The van der Waals surface area contributed by atoms with Crippen molar-refractivity contribution < 1.29 is 17.6 Å². The number of nitrogens with one attached hydrogen (secondary N) is 1. The molecule has 25 heavy (non-hydrogen) atoms. The molecule has 0 spiro atoms. The van der Waals surface area contributed by atoms with E-state index >= 15 is 0 Å². The Morgan fingerprint density at radius 1 is 1.20 bits per heavy atom. The van der Waals surface area contributed by atoms with Crippen LogP contribution in [0.1, 0.15) is 20.3 Å². The van der Waals surface area contributed by atoms with Crippen LogP contribution in [0.15, 0.2) is 32.3 Å². The lowest BCUT2D eigenvalue weighted by atomic mass is 10.2. The van der Waals surface area contributed by atoms with E-state index in [0.29, 0.717) is 37.2 Å². The molecule has 1 aliphatic rings. The molecule has 1 amide bonds. The SMILES string of the molecule is CC(C)C(=O)N1CCCN(S(=O)(=O)c2ccc3oc(=O)[nH]c3c2)CC1. The smallest absolute Gasteiger partial charge is 0.408 e. The molecule has 8 nitrogen and oxygen atoms in total. The Balaban J connectivity index is 1.83. The number of amides is 1. The first-order chi connectivity index (χ1) is 11.8. The summed E-state index contributed by atoms with van der Waals surface area (Å²) in [4.78, 5) is 27.7. The first kappa shape index (κ1) is 17.7. The number of benzene rings is 1. The van der Waals surface area contributed by atoms with Gasteiger partial charge in [-0.1, -0.05) is 13.8 Å². The zero-order chi connectivity index (χ0) is 18.2. The molecule has 3 rings (SSSR count). The van der Waals surface area contributed by atoms with Crippen LogP contribution in [-0.4, -0.2) is 54.7 Å². The minimum absolute atomic E-state index is 0.0386. The van der Waals surface area contributed by atoms with Gasteiger partial charge < -0.3 is 9.32 Å². The van der Waals surface area contributed by atoms with E-state index in [4.69, 9.17) is 4.42 Å². The fourth-order valence-electron chi connectivity index (χ4n) is 2.96. The normalized spacial score (nSPS) is 17.2. The van der Waals surface area contributed by atoms with Crippen molar-refractivity contribution in [3.63, 3.8) is 0 Å². The van der Waals surface area contributed by atoms with Gasteiger partial charge in [0, 0.05) is 32.1 Å². The number of hydrogen-bond acceptors (Lipinski definition) is 5. The quantitative estimate of drug-likeness (QED) is 0.872. The second-order valence-electron chi connectivity index (χ2n) is 6.41. The molecule has 0 saturated carbocycles. The van der Waals surface area contributed by atoms with Crippen molar-refractivity contribution in [3.8, 4) is 0 Å². The highest BCUT2D eigenvalue weighted by Crippen LogP contribution is 2.21. The van der Waals surface area contributed by atoms with Crippen molar-refractivity contribution in [2.75, 3.05) is 26.2 Å². The molecule has 0 atom stereocenters. The van der Waals surface area contributed by atoms with Gasteiger partial charge in [0.15, 0.2) is 5.58 Å². The molecule has 0 unspecified atom stereocenters. The van der Waals surface area contributed by atoms with Gasteiger partial charge in [-0.15, -0.1) is 0 Å².